The van der Waals surface area contributed by atoms with Crippen molar-refractivity contribution in [2.75, 3.05) is 24.6 Å². The van der Waals surface area contributed by atoms with E-state index in [0.29, 0.717) is 6.04 Å². The van der Waals surface area contributed by atoms with Crippen LogP contribution in [0, 0.1) is 0 Å². The van der Waals surface area contributed by atoms with E-state index in [2.05, 4.69) is 55.3 Å². The molecule has 1 aromatic carbocycles. The highest BCUT2D eigenvalue weighted by Gasteiger charge is 2.29. The minimum atomic E-state index is 0.163. The number of piperazine rings is 1. The van der Waals surface area contributed by atoms with Crippen LogP contribution in [0.15, 0.2) is 24.3 Å². The fourth-order valence-electron chi connectivity index (χ4n) is 2.75. The summed E-state index contributed by atoms with van der Waals surface area (Å²) in [6, 6.07) is 8.93. The summed E-state index contributed by atoms with van der Waals surface area (Å²) in [6.45, 7) is 11.6. The van der Waals surface area contributed by atoms with E-state index in [9.17, 15) is 0 Å². The number of benzene rings is 1. The topological polar surface area (TPSA) is 24.5 Å². The van der Waals surface area contributed by atoms with Crippen LogP contribution in [0.5, 0.6) is 5.75 Å². The molecule has 1 aromatic rings. The summed E-state index contributed by atoms with van der Waals surface area (Å²) < 4.78 is 5.48. The Hall–Kier alpha value is -1.22. The Morgan fingerprint density at radius 3 is 2.56 bits per heavy atom. The number of ether oxygens (including phenoxy) is 1. The highest BCUT2D eigenvalue weighted by Crippen LogP contribution is 2.24. The molecule has 0 radical (unpaired) electrons. The van der Waals surface area contributed by atoms with Crippen LogP contribution in [0.2, 0.25) is 0 Å². The Bertz CT molecular complexity index is 386. The van der Waals surface area contributed by atoms with Crippen LogP contribution < -0.4 is 15.0 Å². The summed E-state index contributed by atoms with van der Waals surface area (Å²) in [5.41, 5.74) is 1.44. The maximum absolute atomic E-state index is 5.48. The number of hydrogen-bond donors (Lipinski definition) is 1. The molecule has 1 aliphatic rings. The number of rotatable bonds is 3. The predicted molar refractivity (Wildman–Crippen MR) is 76.5 cm³/mol. The lowest BCUT2D eigenvalue weighted by Gasteiger charge is -2.44. The van der Waals surface area contributed by atoms with Gasteiger partial charge in [-0.05, 0) is 52.0 Å². The first-order valence-electron chi connectivity index (χ1n) is 6.76. The molecule has 3 nitrogen and oxygen atoms in total. The van der Waals surface area contributed by atoms with Gasteiger partial charge in [0, 0.05) is 30.4 Å². The van der Waals surface area contributed by atoms with E-state index in [1.54, 1.807) is 0 Å². The molecule has 1 aliphatic heterocycles. The molecule has 100 valence electrons. The summed E-state index contributed by atoms with van der Waals surface area (Å²) in [7, 11) is 0. The lowest BCUT2D eigenvalue weighted by atomic mass is 9.98. The van der Waals surface area contributed by atoms with Gasteiger partial charge in [0.1, 0.15) is 5.75 Å². The minimum absolute atomic E-state index is 0.163. The van der Waals surface area contributed by atoms with Crippen LogP contribution in [0.25, 0.3) is 0 Å². The van der Waals surface area contributed by atoms with E-state index in [0.717, 1.165) is 25.4 Å². The third-order valence-corrected chi connectivity index (χ3v) is 3.23. The van der Waals surface area contributed by atoms with Crippen molar-refractivity contribution in [2.45, 2.75) is 39.3 Å². The molecule has 0 bridgehead atoms. The molecule has 1 atom stereocenters. The Balaban J connectivity index is 2.10. The van der Waals surface area contributed by atoms with Gasteiger partial charge in [0.05, 0.1) is 6.61 Å². The summed E-state index contributed by atoms with van der Waals surface area (Å²) >= 11 is 0. The van der Waals surface area contributed by atoms with Crippen LogP contribution in [0.3, 0.4) is 0 Å². The van der Waals surface area contributed by atoms with Gasteiger partial charge in [0.2, 0.25) is 0 Å². The van der Waals surface area contributed by atoms with Crippen molar-refractivity contribution < 1.29 is 4.74 Å². The molecule has 0 spiro atoms. The van der Waals surface area contributed by atoms with Crippen LogP contribution in [0.4, 0.5) is 5.69 Å². The average Bonchev–Trinajstić information content (AvgIpc) is 2.27. The summed E-state index contributed by atoms with van der Waals surface area (Å²) in [4.78, 5) is 2.44. The lowest BCUT2D eigenvalue weighted by molar-refractivity contribution is 0.301. The molecule has 1 N–H and O–H groups in total. The maximum Gasteiger partial charge on any atom is 0.119 e. The maximum atomic E-state index is 5.48. The fraction of sp³-hybridized carbons (Fsp3) is 0.600. The van der Waals surface area contributed by atoms with Gasteiger partial charge >= 0.3 is 0 Å². The normalized spacial score (nSPS) is 22.9. The monoisotopic (exact) mass is 248 g/mol. The smallest absolute Gasteiger partial charge is 0.119 e. The molecule has 0 aromatic heterocycles. The highest BCUT2D eigenvalue weighted by molar-refractivity contribution is 5.50. The quantitative estimate of drug-likeness (QED) is 0.890. The largest absolute Gasteiger partial charge is 0.494 e. The zero-order chi connectivity index (χ0) is 13.2. The Morgan fingerprint density at radius 1 is 1.33 bits per heavy atom. The van der Waals surface area contributed by atoms with Gasteiger partial charge in [-0.2, -0.15) is 0 Å². The van der Waals surface area contributed by atoms with E-state index in [4.69, 9.17) is 4.74 Å². The van der Waals surface area contributed by atoms with Crippen molar-refractivity contribution in [3.05, 3.63) is 24.3 Å². The molecule has 1 fully saturated rings. The molecule has 0 amide bonds. The molecule has 1 unspecified atom stereocenters. The number of nitrogens with one attached hydrogen (secondary N) is 1. The van der Waals surface area contributed by atoms with Crippen LogP contribution in [-0.2, 0) is 0 Å². The van der Waals surface area contributed by atoms with Crippen molar-refractivity contribution in [1.82, 2.24) is 5.32 Å². The van der Waals surface area contributed by atoms with Crippen molar-refractivity contribution in [3.63, 3.8) is 0 Å². The third-order valence-electron chi connectivity index (χ3n) is 3.23. The Kier molecular flexibility index (Phi) is 3.81. The molecule has 2 rings (SSSR count). The molecule has 18 heavy (non-hydrogen) atoms. The number of hydrogen-bond acceptors (Lipinski definition) is 3. The summed E-state index contributed by atoms with van der Waals surface area (Å²) in [5.74, 6) is 0.948. The van der Waals surface area contributed by atoms with E-state index < -0.39 is 0 Å². The molecule has 1 heterocycles. The van der Waals surface area contributed by atoms with Crippen molar-refractivity contribution >= 4 is 5.69 Å². The second-order valence-electron chi connectivity index (χ2n) is 5.74. The molecule has 3 heteroatoms. The lowest BCUT2D eigenvalue weighted by Crippen LogP contribution is -2.61. The van der Waals surface area contributed by atoms with Crippen molar-refractivity contribution in [2.24, 2.45) is 0 Å². The third kappa shape index (κ3) is 3.16. The zero-order valence-electron chi connectivity index (χ0n) is 11.9. The SMILES string of the molecule is CCOc1ccc(N2CC(C)NC(C)(C)C2)cc1. The van der Waals surface area contributed by atoms with Gasteiger partial charge < -0.3 is 15.0 Å². The molecule has 0 saturated carbocycles. The van der Waals surface area contributed by atoms with E-state index in [-0.39, 0.29) is 5.54 Å². The van der Waals surface area contributed by atoms with Crippen molar-refractivity contribution in [1.29, 1.82) is 0 Å². The first kappa shape index (κ1) is 13.2. The number of nitrogens with zero attached hydrogens (tertiary/aromatic N) is 1. The van der Waals surface area contributed by atoms with Gasteiger partial charge in [-0.15, -0.1) is 0 Å². The molecular formula is C15H24N2O. The second-order valence-corrected chi connectivity index (χ2v) is 5.74. The Morgan fingerprint density at radius 2 is 2.00 bits per heavy atom. The summed E-state index contributed by atoms with van der Waals surface area (Å²) in [6.07, 6.45) is 0. The standard InChI is InChI=1S/C15H24N2O/c1-5-18-14-8-6-13(7-9-14)17-10-12(2)16-15(3,4)11-17/h6-9,12,16H,5,10-11H2,1-4H3. The van der Waals surface area contributed by atoms with Crippen LogP contribution >= 0.6 is 0 Å². The van der Waals surface area contributed by atoms with Gasteiger partial charge in [0.25, 0.3) is 0 Å². The number of anilines is 1. The van der Waals surface area contributed by atoms with Gasteiger partial charge in [-0.3, -0.25) is 0 Å². The summed E-state index contributed by atoms with van der Waals surface area (Å²) in [5, 5.41) is 3.62. The Labute approximate surface area is 110 Å². The minimum Gasteiger partial charge on any atom is -0.494 e. The molecular weight excluding hydrogens is 224 g/mol. The fourth-order valence-corrected chi connectivity index (χ4v) is 2.75. The van der Waals surface area contributed by atoms with E-state index >= 15 is 0 Å². The van der Waals surface area contributed by atoms with Gasteiger partial charge in [-0.25, -0.2) is 0 Å². The highest BCUT2D eigenvalue weighted by atomic mass is 16.5. The zero-order valence-corrected chi connectivity index (χ0v) is 11.9. The second kappa shape index (κ2) is 5.19. The van der Waals surface area contributed by atoms with Gasteiger partial charge in [0.15, 0.2) is 0 Å². The predicted octanol–water partition coefficient (Wildman–Crippen LogP) is 2.66. The first-order valence-corrected chi connectivity index (χ1v) is 6.76. The van der Waals surface area contributed by atoms with Crippen LogP contribution in [-0.4, -0.2) is 31.3 Å². The first-order chi connectivity index (χ1) is 8.50. The molecule has 0 aliphatic carbocycles. The van der Waals surface area contributed by atoms with E-state index in [1.807, 2.05) is 6.92 Å². The van der Waals surface area contributed by atoms with Crippen LogP contribution in [0.1, 0.15) is 27.7 Å². The molecule has 1 saturated heterocycles. The average molecular weight is 248 g/mol. The van der Waals surface area contributed by atoms with Gasteiger partial charge in [-0.1, -0.05) is 0 Å². The van der Waals surface area contributed by atoms with Crippen molar-refractivity contribution in [3.8, 4) is 5.75 Å². The van der Waals surface area contributed by atoms with E-state index in [1.165, 1.54) is 5.69 Å².